The lowest BCUT2D eigenvalue weighted by molar-refractivity contribution is -0.149. The molecule has 0 saturated carbocycles. The summed E-state index contributed by atoms with van der Waals surface area (Å²) in [5.74, 6) is 0.539. The van der Waals surface area contributed by atoms with Gasteiger partial charge in [-0.25, -0.2) is 9.97 Å². The van der Waals surface area contributed by atoms with E-state index in [0.29, 0.717) is 5.95 Å². The maximum absolute atomic E-state index is 12.7. The van der Waals surface area contributed by atoms with Crippen LogP contribution in [0.15, 0.2) is 60.9 Å². The molecule has 0 spiro atoms. The van der Waals surface area contributed by atoms with Gasteiger partial charge in [0.05, 0.1) is 0 Å². The molecule has 1 unspecified atom stereocenters. The van der Waals surface area contributed by atoms with Crippen LogP contribution in [0.5, 0.6) is 0 Å². The van der Waals surface area contributed by atoms with Gasteiger partial charge in [0.1, 0.15) is 6.04 Å². The van der Waals surface area contributed by atoms with Gasteiger partial charge >= 0.3 is 6.18 Å². The van der Waals surface area contributed by atoms with E-state index in [1.54, 1.807) is 24.5 Å². The number of aromatic nitrogens is 2. The van der Waals surface area contributed by atoms with Crippen molar-refractivity contribution in [2.75, 3.05) is 5.32 Å². The van der Waals surface area contributed by atoms with Gasteiger partial charge in [0.15, 0.2) is 0 Å². The van der Waals surface area contributed by atoms with Crippen molar-refractivity contribution in [3.63, 3.8) is 0 Å². The van der Waals surface area contributed by atoms with Crippen molar-refractivity contribution in [3.8, 4) is 11.1 Å². The fraction of sp³-hybridized carbons (Fsp3) is 0.238. The van der Waals surface area contributed by atoms with E-state index in [2.05, 4.69) is 27.4 Å². The van der Waals surface area contributed by atoms with Gasteiger partial charge in [0.25, 0.3) is 0 Å². The molecule has 4 nitrogen and oxygen atoms in total. The van der Waals surface area contributed by atoms with Gasteiger partial charge in [-0.1, -0.05) is 48.5 Å². The number of alkyl halides is 3. The molecule has 1 heterocycles. The Hall–Kier alpha value is -2.93. The Morgan fingerprint density at radius 1 is 0.893 bits per heavy atom. The number of nitrogens with zero attached hydrogens (tertiary/aromatic N) is 2. The number of hydrogen-bond donors (Lipinski definition) is 2. The van der Waals surface area contributed by atoms with Crippen LogP contribution in [-0.2, 0) is 12.8 Å². The highest BCUT2D eigenvalue weighted by Crippen LogP contribution is 2.31. The zero-order valence-electron chi connectivity index (χ0n) is 14.9. The largest absolute Gasteiger partial charge is 0.407 e. The Labute approximate surface area is 160 Å². The number of halogens is 3. The predicted molar refractivity (Wildman–Crippen MR) is 102 cm³/mol. The number of benzene rings is 2. The summed E-state index contributed by atoms with van der Waals surface area (Å²) in [5, 5.41) is 3.34. The molecule has 0 aliphatic heterocycles. The van der Waals surface area contributed by atoms with E-state index in [1.807, 2.05) is 12.1 Å². The maximum Gasteiger partial charge on any atom is 0.407 e. The van der Waals surface area contributed by atoms with Crippen LogP contribution in [-0.4, -0.2) is 22.2 Å². The van der Waals surface area contributed by atoms with Crippen LogP contribution in [0, 0.1) is 0 Å². The molecule has 3 aromatic rings. The van der Waals surface area contributed by atoms with E-state index in [4.69, 9.17) is 5.73 Å². The van der Waals surface area contributed by atoms with Gasteiger partial charge in [-0.05, 0) is 35.1 Å². The normalized spacial score (nSPS) is 15.3. The number of hydrogen-bond acceptors (Lipinski definition) is 4. The van der Waals surface area contributed by atoms with E-state index >= 15 is 0 Å². The molecule has 28 heavy (non-hydrogen) atoms. The average molecular weight is 384 g/mol. The Balaban J connectivity index is 1.42. The SMILES string of the molecule is NC(c1ccc(-c2cnc(NC3Cc4ccccc4C3)nc2)cc1)C(F)(F)F. The molecule has 7 heteroatoms. The summed E-state index contributed by atoms with van der Waals surface area (Å²) >= 11 is 0. The van der Waals surface area contributed by atoms with Crippen LogP contribution in [0.3, 0.4) is 0 Å². The number of nitrogens with two attached hydrogens (primary N) is 1. The van der Waals surface area contributed by atoms with Gasteiger partial charge in [0, 0.05) is 24.0 Å². The quantitative estimate of drug-likeness (QED) is 0.705. The number of fused-ring (bicyclic) bond motifs is 1. The molecule has 1 atom stereocenters. The lowest BCUT2D eigenvalue weighted by Gasteiger charge is -2.16. The first-order valence-electron chi connectivity index (χ1n) is 8.98. The Bertz CT molecular complexity index is 928. The monoisotopic (exact) mass is 384 g/mol. The van der Waals surface area contributed by atoms with Gasteiger partial charge in [-0.15, -0.1) is 0 Å². The molecule has 1 aromatic heterocycles. The smallest absolute Gasteiger partial charge is 0.351 e. The Kier molecular flexibility index (Phi) is 4.77. The molecule has 144 valence electrons. The minimum atomic E-state index is -4.46. The molecule has 0 amide bonds. The molecule has 0 fully saturated rings. The van der Waals surface area contributed by atoms with Crippen LogP contribution < -0.4 is 11.1 Å². The van der Waals surface area contributed by atoms with Crippen LogP contribution in [0.4, 0.5) is 19.1 Å². The summed E-state index contributed by atoms with van der Waals surface area (Å²) < 4.78 is 38.1. The second-order valence-corrected chi connectivity index (χ2v) is 6.95. The summed E-state index contributed by atoms with van der Waals surface area (Å²) in [6.45, 7) is 0. The van der Waals surface area contributed by atoms with Crippen molar-refractivity contribution >= 4 is 5.95 Å². The molecule has 3 N–H and O–H groups in total. The van der Waals surface area contributed by atoms with Crippen LogP contribution in [0.2, 0.25) is 0 Å². The highest BCUT2D eigenvalue weighted by atomic mass is 19.4. The molecular formula is C21H19F3N4. The molecule has 0 radical (unpaired) electrons. The van der Waals surface area contributed by atoms with Crippen molar-refractivity contribution in [2.45, 2.75) is 31.1 Å². The lowest BCUT2D eigenvalue weighted by Crippen LogP contribution is -2.28. The standard InChI is InChI=1S/C21H19F3N4/c22-21(23,24)19(25)14-7-5-13(6-8-14)17-11-26-20(27-12-17)28-18-9-15-3-1-2-4-16(15)10-18/h1-8,11-12,18-19H,9-10,25H2,(H,26,27,28). The predicted octanol–water partition coefficient (Wildman–Crippen LogP) is 4.29. The fourth-order valence-electron chi connectivity index (χ4n) is 3.47. The Morgan fingerprint density at radius 3 is 2.00 bits per heavy atom. The summed E-state index contributed by atoms with van der Waals surface area (Å²) in [6.07, 6.45) is 0.731. The van der Waals surface area contributed by atoms with Gasteiger partial charge in [-0.3, -0.25) is 0 Å². The van der Waals surface area contributed by atoms with E-state index in [1.165, 1.54) is 23.3 Å². The summed E-state index contributed by atoms with van der Waals surface area (Å²) in [7, 11) is 0. The maximum atomic E-state index is 12.7. The zero-order chi connectivity index (χ0) is 19.7. The second kappa shape index (κ2) is 7.24. The third-order valence-corrected chi connectivity index (χ3v) is 4.99. The second-order valence-electron chi connectivity index (χ2n) is 6.95. The fourth-order valence-corrected chi connectivity index (χ4v) is 3.47. The van der Waals surface area contributed by atoms with Crippen LogP contribution >= 0.6 is 0 Å². The Morgan fingerprint density at radius 2 is 1.46 bits per heavy atom. The lowest BCUT2D eigenvalue weighted by atomic mass is 10.0. The molecule has 1 aliphatic rings. The number of nitrogens with one attached hydrogen (secondary N) is 1. The molecule has 0 bridgehead atoms. The van der Waals surface area contributed by atoms with Crippen molar-refractivity contribution in [1.82, 2.24) is 9.97 Å². The first-order valence-corrected chi connectivity index (χ1v) is 8.98. The zero-order valence-corrected chi connectivity index (χ0v) is 14.9. The van der Waals surface area contributed by atoms with E-state index < -0.39 is 12.2 Å². The van der Waals surface area contributed by atoms with Crippen molar-refractivity contribution in [2.24, 2.45) is 5.73 Å². The molecule has 4 rings (SSSR count). The van der Waals surface area contributed by atoms with Crippen LogP contribution in [0.1, 0.15) is 22.7 Å². The molecular weight excluding hydrogens is 365 g/mol. The first kappa shape index (κ1) is 18.4. The van der Waals surface area contributed by atoms with E-state index in [0.717, 1.165) is 24.0 Å². The third-order valence-electron chi connectivity index (χ3n) is 4.99. The topological polar surface area (TPSA) is 63.8 Å². The van der Waals surface area contributed by atoms with Crippen molar-refractivity contribution < 1.29 is 13.2 Å². The summed E-state index contributed by atoms with van der Waals surface area (Å²) in [4.78, 5) is 8.70. The third kappa shape index (κ3) is 3.84. The average Bonchev–Trinajstić information content (AvgIpc) is 3.10. The summed E-state index contributed by atoms with van der Waals surface area (Å²) in [5.41, 5.74) is 9.40. The molecule has 1 aliphatic carbocycles. The highest BCUT2D eigenvalue weighted by molar-refractivity contribution is 5.62. The number of rotatable bonds is 4. The van der Waals surface area contributed by atoms with Crippen molar-refractivity contribution in [1.29, 1.82) is 0 Å². The van der Waals surface area contributed by atoms with E-state index in [9.17, 15) is 13.2 Å². The molecule has 0 saturated heterocycles. The highest BCUT2D eigenvalue weighted by Gasteiger charge is 2.37. The molecule has 2 aromatic carbocycles. The first-order chi connectivity index (χ1) is 13.4. The van der Waals surface area contributed by atoms with Crippen molar-refractivity contribution in [3.05, 3.63) is 77.6 Å². The van der Waals surface area contributed by atoms with Gasteiger partial charge < -0.3 is 11.1 Å². The minimum absolute atomic E-state index is 0.0243. The van der Waals surface area contributed by atoms with Crippen LogP contribution in [0.25, 0.3) is 11.1 Å². The summed E-state index contributed by atoms with van der Waals surface area (Å²) in [6, 6.07) is 12.6. The van der Waals surface area contributed by atoms with E-state index in [-0.39, 0.29) is 11.6 Å². The van der Waals surface area contributed by atoms with Gasteiger partial charge in [-0.2, -0.15) is 13.2 Å². The number of anilines is 1. The van der Waals surface area contributed by atoms with Gasteiger partial charge in [0.2, 0.25) is 5.95 Å². The minimum Gasteiger partial charge on any atom is -0.351 e.